The maximum atomic E-state index is 11.9. The second-order valence-electron chi connectivity index (χ2n) is 5.29. The molecule has 1 atom stereocenters. The van der Waals surface area contributed by atoms with Gasteiger partial charge in [-0.2, -0.15) is 0 Å². The predicted octanol–water partition coefficient (Wildman–Crippen LogP) is 2.22. The molecule has 0 aliphatic rings. The second-order valence-corrected chi connectivity index (χ2v) is 5.29. The van der Waals surface area contributed by atoms with Crippen molar-refractivity contribution in [2.24, 2.45) is 10.9 Å². The number of guanidine groups is 1. The van der Waals surface area contributed by atoms with Crippen molar-refractivity contribution in [3.05, 3.63) is 30.3 Å². The molecule has 0 fully saturated rings. The van der Waals surface area contributed by atoms with E-state index in [1.54, 1.807) is 0 Å². The number of hydrogen-bond acceptors (Lipinski definition) is 2. The monoisotopic (exact) mass is 290 g/mol. The Hall–Kier alpha value is -2.04. The molecule has 0 aliphatic carbocycles. The Balaban J connectivity index is 2.54. The number of benzene rings is 1. The van der Waals surface area contributed by atoms with Crippen LogP contribution in [0, 0.1) is 5.92 Å². The summed E-state index contributed by atoms with van der Waals surface area (Å²) in [6.07, 6.45) is 0. The van der Waals surface area contributed by atoms with Gasteiger partial charge in [-0.25, -0.2) is 4.99 Å². The molecule has 0 aliphatic heterocycles. The lowest BCUT2D eigenvalue weighted by Crippen LogP contribution is -2.44. The summed E-state index contributed by atoms with van der Waals surface area (Å²) in [6.45, 7) is 9.24. The van der Waals surface area contributed by atoms with Gasteiger partial charge in [0.25, 0.3) is 0 Å². The first-order chi connectivity index (χ1) is 10.0. The number of hydrogen-bond donors (Lipinski definition) is 3. The van der Waals surface area contributed by atoms with Crippen LogP contribution in [-0.4, -0.2) is 31.0 Å². The van der Waals surface area contributed by atoms with Crippen molar-refractivity contribution >= 4 is 17.6 Å². The van der Waals surface area contributed by atoms with Crippen LogP contribution in [0.2, 0.25) is 0 Å². The molecule has 116 valence electrons. The van der Waals surface area contributed by atoms with E-state index in [4.69, 9.17) is 0 Å². The van der Waals surface area contributed by atoms with Gasteiger partial charge in [0, 0.05) is 18.3 Å². The highest BCUT2D eigenvalue weighted by Crippen LogP contribution is 2.04. The van der Waals surface area contributed by atoms with Crippen molar-refractivity contribution in [3.8, 4) is 0 Å². The molecule has 0 spiro atoms. The van der Waals surface area contributed by atoms with Gasteiger partial charge in [0.1, 0.15) is 6.54 Å². The first-order valence-corrected chi connectivity index (χ1v) is 7.42. The highest BCUT2D eigenvalue weighted by atomic mass is 16.1. The number of carbonyl (C=O) groups is 1. The smallest absolute Gasteiger partial charge is 0.246 e. The van der Waals surface area contributed by atoms with Gasteiger partial charge in [-0.3, -0.25) is 4.79 Å². The molecule has 1 aromatic rings. The minimum Gasteiger partial charge on any atom is -0.357 e. The molecular formula is C16H26N4O. The van der Waals surface area contributed by atoms with E-state index in [0.717, 1.165) is 12.2 Å². The fourth-order valence-corrected chi connectivity index (χ4v) is 1.58. The van der Waals surface area contributed by atoms with Crippen molar-refractivity contribution in [2.45, 2.75) is 33.7 Å². The van der Waals surface area contributed by atoms with Crippen LogP contribution in [0.1, 0.15) is 27.7 Å². The number of amides is 1. The first kappa shape index (κ1) is 17.0. The quantitative estimate of drug-likeness (QED) is 0.556. The van der Waals surface area contributed by atoms with Gasteiger partial charge in [0.05, 0.1) is 0 Å². The third-order valence-electron chi connectivity index (χ3n) is 3.15. The number of rotatable bonds is 6. The highest BCUT2D eigenvalue weighted by molar-refractivity contribution is 5.94. The van der Waals surface area contributed by atoms with Gasteiger partial charge < -0.3 is 16.0 Å². The normalized spacial score (nSPS) is 12.9. The summed E-state index contributed by atoms with van der Waals surface area (Å²) in [5.74, 6) is 1.03. The zero-order valence-electron chi connectivity index (χ0n) is 13.3. The van der Waals surface area contributed by atoms with Crippen LogP contribution in [0.15, 0.2) is 35.3 Å². The van der Waals surface area contributed by atoms with E-state index < -0.39 is 0 Å². The molecule has 1 rings (SSSR count). The highest BCUT2D eigenvalue weighted by Gasteiger charge is 2.09. The topological polar surface area (TPSA) is 65.5 Å². The lowest BCUT2D eigenvalue weighted by molar-refractivity contribution is -0.114. The van der Waals surface area contributed by atoms with Crippen molar-refractivity contribution in [2.75, 3.05) is 18.4 Å². The summed E-state index contributed by atoms with van der Waals surface area (Å²) in [4.78, 5) is 16.2. The number of anilines is 1. The summed E-state index contributed by atoms with van der Waals surface area (Å²) in [5, 5.41) is 9.26. The van der Waals surface area contributed by atoms with Gasteiger partial charge in [-0.1, -0.05) is 32.0 Å². The number of nitrogens with zero attached hydrogens (tertiary/aromatic N) is 1. The molecule has 0 radical (unpaired) electrons. The van der Waals surface area contributed by atoms with Crippen LogP contribution >= 0.6 is 0 Å². The van der Waals surface area contributed by atoms with Crippen molar-refractivity contribution < 1.29 is 4.79 Å². The van der Waals surface area contributed by atoms with E-state index in [1.165, 1.54) is 0 Å². The Morgan fingerprint density at radius 3 is 2.43 bits per heavy atom. The Morgan fingerprint density at radius 2 is 1.86 bits per heavy atom. The molecule has 1 amide bonds. The van der Waals surface area contributed by atoms with Crippen LogP contribution in [0.3, 0.4) is 0 Å². The Morgan fingerprint density at radius 1 is 1.19 bits per heavy atom. The van der Waals surface area contributed by atoms with Crippen molar-refractivity contribution in [3.63, 3.8) is 0 Å². The zero-order chi connectivity index (χ0) is 15.7. The maximum absolute atomic E-state index is 11.9. The van der Waals surface area contributed by atoms with E-state index in [9.17, 15) is 4.79 Å². The van der Waals surface area contributed by atoms with Gasteiger partial charge in [0.2, 0.25) is 5.91 Å². The summed E-state index contributed by atoms with van der Waals surface area (Å²) in [7, 11) is 0. The van der Waals surface area contributed by atoms with E-state index in [1.807, 2.05) is 37.3 Å². The van der Waals surface area contributed by atoms with E-state index >= 15 is 0 Å². The van der Waals surface area contributed by atoms with Crippen LogP contribution in [0.5, 0.6) is 0 Å². The van der Waals surface area contributed by atoms with E-state index in [-0.39, 0.29) is 12.5 Å². The number of aliphatic imine (C=N–C) groups is 1. The standard InChI is InChI=1S/C16H26N4O/c1-5-17-16(19-13(4)12(2)3)18-11-15(21)20-14-9-7-6-8-10-14/h6-10,12-13H,5,11H2,1-4H3,(H,20,21)(H2,17,18,19). The second kappa shape index (κ2) is 9.00. The first-order valence-electron chi connectivity index (χ1n) is 7.42. The van der Waals surface area contributed by atoms with Crippen LogP contribution in [0.25, 0.3) is 0 Å². The van der Waals surface area contributed by atoms with Crippen LogP contribution < -0.4 is 16.0 Å². The van der Waals surface area contributed by atoms with Crippen molar-refractivity contribution in [1.29, 1.82) is 0 Å². The molecule has 0 saturated carbocycles. The fraction of sp³-hybridized carbons (Fsp3) is 0.500. The van der Waals surface area contributed by atoms with Gasteiger partial charge in [0.15, 0.2) is 5.96 Å². The van der Waals surface area contributed by atoms with Gasteiger partial charge >= 0.3 is 0 Å². The summed E-state index contributed by atoms with van der Waals surface area (Å²) in [5.41, 5.74) is 0.784. The summed E-state index contributed by atoms with van der Waals surface area (Å²) in [6, 6.07) is 9.68. The number of para-hydroxylation sites is 1. The zero-order valence-corrected chi connectivity index (χ0v) is 13.3. The minimum atomic E-state index is -0.129. The molecule has 0 aromatic heterocycles. The van der Waals surface area contributed by atoms with E-state index in [0.29, 0.717) is 17.9 Å². The predicted molar refractivity (Wildman–Crippen MR) is 88.5 cm³/mol. The molecule has 1 aromatic carbocycles. The SMILES string of the molecule is CCNC(=NCC(=O)Nc1ccccc1)NC(C)C(C)C. The molecule has 5 heteroatoms. The molecule has 0 heterocycles. The average molecular weight is 290 g/mol. The molecule has 0 saturated heterocycles. The van der Waals surface area contributed by atoms with Crippen LogP contribution in [0.4, 0.5) is 5.69 Å². The fourth-order valence-electron chi connectivity index (χ4n) is 1.58. The summed E-state index contributed by atoms with van der Waals surface area (Å²) >= 11 is 0. The molecule has 3 N–H and O–H groups in total. The number of carbonyl (C=O) groups excluding carboxylic acids is 1. The summed E-state index contributed by atoms with van der Waals surface area (Å²) < 4.78 is 0. The lowest BCUT2D eigenvalue weighted by atomic mass is 10.1. The molecule has 21 heavy (non-hydrogen) atoms. The van der Waals surface area contributed by atoms with Gasteiger partial charge in [-0.15, -0.1) is 0 Å². The van der Waals surface area contributed by atoms with Gasteiger partial charge in [-0.05, 0) is 31.9 Å². The third kappa shape index (κ3) is 6.79. The minimum absolute atomic E-state index is 0.0923. The maximum Gasteiger partial charge on any atom is 0.246 e. The largest absolute Gasteiger partial charge is 0.357 e. The van der Waals surface area contributed by atoms with Crippen LogP contribution in [-0.2, 0) is 4.79 Å². The Labute approximate surface area is 127 Å². The molecule has 5 nitrogen and oxygen atoms in total. The van der Waals surface area contributed by atoms with E-state index in [2.05, 4.69) is 41.7 Å². The number of nitrogens with one attached hydrogen (secondary N) is 3. The molecular weight excluding hydrogens is 264 g/mol. The molecule has 0 bridgehead atoms. The lowest BCUT2D eigenvalue weighted by Gasteiger charge is -2.20. The Bertz CT molecular complexity index is 457. The Kier molecular flexibility index (Phi) is 7.29. The third-order valence-corrected chi connectivity index (χ3v) is 3.15. The molecule has 1 unspecified atom stereocenters. The average Bonchev–Trinajstić information content (AvgIpc) is 2.46. The van der Waals surface area contributed by atoms with Crippen molar-refractivity contribution in [1.82, 2.24) is 10.6 Å².